The number of carbonyl (C=O) groups is 1. The summed E-state index contributed by atoms with van der Waals surface area (Å²) in [5, 5.41) is 0. The third kappa shape index (κ3) is 4.75. The summed E-state index contributed by atoms with van der Waals surface area (Å²) in [6.07, 6.45) is 0.825. The van der Waals surface area contributed by atoms with Gasteiger partial charge >= 0.3 is 0 Å². The highest BCUT2D eigenvalue weighted by molar-refractivity contribution is 5.80. The van der Waals surface area contributed by atoms with Crippen molar-refractivity contribution in [2.45, 2.75) is 25.4 Å². The first kappa shape index (κ1) is 21.8. The number of nitrogens with zero attached hydrogens (tertiary/aromatic N) is 3. The largest absolute Gasteiger partial charge is 0.397 e. The van der Waals surface area contributed by atoms with Gasteiger partial charge in [-0.05, 0) is 42.8 Å². The normalized spacial score (nSPS) is 15.8. The zero-order valence-corrected chi connectivity index (χ0v) is 17.7. The highest BCUT2D eigenvalue weighted by Gasteiger charge is 2.29. The van der Waals surface area contributed by atoms with Crippen molar-refractivity contribution in [1.29, 1.82) is 0 Å². The molecule has 2 N–H and O–H groups in total. The van der Waals surface area contributed by atoms with Crippen LogP contribution in [0.5, 0.6) is 0 Å². The monoisotopic (exact) mass is 438 g/mol. The molecule has 1 saturated heterocycles. The van der Waals surface area contributed by atoms with Gasteiger partial charge in [0.05, 0.1) is 35.8 Å². The number of carbonyl (C=O) groups excluding carboxylic acids is 1. The number of ether oxygens (including phenoxy) is 1. The second-order valence-electron chi connectivity index (χ2n) is 7.85. The van der Waals surface area contributed by atoms with Gasteiger partial charge in [-0.15, -0.1) is 0 Å². The van der Waals surface area contributed by atoms with Crippen molar-refractivity contribution >= 4 is 11.6 Å². The zero-order chi connectivity index (χ0) is 22.7. The van der Waals surface area contributed by atoms with E-state index >= 15 is 0 Å². The van der Waals surface area contributed by atoms with Crippen molar-refractivity contribution in [3.05, 3.63) is 77.2 Å². The van der Waals surface area contributed by atoms with Crippen molar-refractivity contribution in [3.8, 4) is 11.3 Å². The fourth-order valence-corrected chi connectivity index (χ4v) is 3.94. The minimum atomic E-state index is -0.717. The molecule has 0 spiro atoms. The lowest BCUT2D eigenvalue weighted by Crippen LogP contribution is -2.30. The molecule has 3 heterocycles. The molecule has 166 valence electrons. The molecule has 1 unspecified atom stereocenters. The number of hydrogen-bond acceptors (Lipinski definition) is 5. The summed E-state index contributed by atoms with van der Waals surface area (Å²) in [4.78, 5) is 23.7. The van der Waals surface area contributed by atoms with Gasteiger partial charge in [-0.1, -0.05) is 6.07 Å². The van der Waals surface area contributed by atoms with Crippen LogP contribution in [0.25, 0.3) is 11.3 Å². The predicted molar refractivity (Wildman–Crippen MR) is 117 cm³/mol. The van der Waals surface area contributed by atoms with Crippen LogP contribution in [0.4, 0.5) is 14.5 Å². The number of nitrogens with two attached hydrogens (primary N) is 1. The minimum Gasteiger partial charge on any atom is -0.397 e. The molecule has 6 nitrogen and oxygen atoms in total. The van der Waals surface area contributed by atoms with Gasteiger partial charge in [-0.3, -0.25) is 14.8 Å². The highest BCUT2D eigenvalue weighted by Crippen LogP contribution is 2.28. The number of halogens is 2. The first-order valence-electron chi connectivity index (χ1n) is 10.4. The van der Waals surface area contributed by atoms with Crippen LogP contribution in [-0.2, 0) is 22.6 Å². The molecule has 4 rings (SSSR count). The Hall–Kier alpha value is -3.39. The molecular weight excluding hydrogens is 414 g/mol. The molecule has 1 aliphatic heterocycles. The summed E-state index contributed by atoms with van der Waals surface area (Å²) >= 11 is 0. The standard InChI is InChI=1S/C24H24F2N4O2/c1-32-14-17-3-2-4-21(28-17)15-9-10-30(13-15)24(31)12-23-20(27)7-8-22(29-23)18-6-5-16(25)11-19(18)26/h2-8,11,15H,9-10,12-14,27H2,1H3. The smallest absolute Gasteiger partial charge is 0.228 e. The summed E-state index contributed by atoms with van der Waals surface area (Å²) in [5.74, 6) is -1.33. The van der Waals surface area contributed by atoms with E-state index in [2.05, 4.69) is 9.97 Å². The Morgan fingerprint density at radius 3 is 2.81 bits per heavy atom. The Labute approximate surface area is 185 Å². The van der Waals surface area contributed by atoms with Gasteiger partial charge in [0.1, 0.15) is 11.6 Å². The summed E-state index contributed by atoms with van der Waals surface area (Å²) in [6.45, 7) is 1.62. The SMILES string of the molecule is COCc1cccc(C2CCN(C(=O)Cc3nc(-c4ccc(F)cc4F)ccc3N)C2)n1. The van der Waals surface area contributed by atoms with E-state index in [1.54, 1.807) is 24.1 Å². The van der Waals surface area contributed by atoms with Gasteiger partial charge in [0.25, 0.3) is 0 Å². The highest BCUT2D eigenvalue weighted by atomic mass is 19.1. The molecule has 1 aromatic carbocycles. The number of rotatable bonds is 6. The van der Waals surface area contributed by atoms with Gasteiger partial charge in [0, 0.05) is 43.4 Å². The van der Waals surface area contributed by atoms with Crippen LogP contribution in [0.2, 0.25) is 0 Å². The lowest BCUT2D eigenvalue weighted by atomic mass is 10.0. The van der Waals surface area contributed by atoms with Gasteiger partial charge < -0.3 is 15.4 Å². The Bertz CT molecular complexity index is 1140. The Morgan fingerprint density at radius 1 is 1.19 bits per heavy atom. The van der Waals surface area contributed by atoms with Crippen molar-refractivity contribution < 1.29 is 18.3 Å². The van der Waals surface area contributed by atoms with E-state index in [1.807, 2.05) is 18.2 Å². The third-order valence-electron chi connectivity index (χ3n) is 5.61. The van der Waals surface area contributed by atoms with Crippen molar-refractivity contribution in [1.82, 2.24) is 14.9 Å². The lowest BCUT2D eigenvalue weighted by molar-refractivity contribution is -0.129. The number of likely N-dealkylation sites (tertiary alicyclic amines) is 1. The predicted octanol–water partition coefficient (Wildman–Crippen LogP) is 3.71. The fraction of sp³-hybridized carbons (Fsp3) is 0.292. The van der Waals surface area contributed by atoms with Gasteiger partial charge in [-0.2, -0.15) is 0 Å². The topological polar surface area (TPSA) is 81.3 Å². The number of aromatic nitrogens is 2. The summed E-state index contributed by atoms with van der Waals surface area (Å²) in [6, 6.07) is 12.3. The number of amides is 1. The first-order valence-corrected chi connectivity index (χ1v) is 10.4. The van der Waals surface area contributed by atoms with E-state index in [4.69, 9.17) is 10.5 Å². The van der Waals surface area contributed by atoms with Crippen LogP contribution in [0.1, 0.15) is 29.4 Å². The number of nitrogen functional groups attached to an aromatic ring is 1. The molecule has 32 heavy (non-hydrogen) atoms. The lowest BCUT2D eigenvalue weighted by Gasteiger charge is -2.17. The molecule has 2 aromatic heterocycles. The molecule has 1 aliphatic rings. The molecule has 1 atom stereocenters. The quantitative estimate of drug-likeness (QED) is 0.635. The molecular formula is C24H24F2N4O2. The Kier molecular flexibility index (Phi) is 6.41. The van der Waals surface area contributed by atoms with Crippen LogP contribution in [-0.4, -0.2) is 41.0 Å². The minimum absolute atomic E-state index is 0.00630. The van der Waals surface area contributed by atoms with Crippen LogP contribution in [0.15, 0.2) is 48.5 Å². The van der Waals surface area contributed by atoms with Gasteiger partial charge in [0.2, 0.25) is 5.91 Å². The maximum absolute atomic E-state index is 14.2. The van der Waals surface area contributed by atoms with E-state index < -0.39 is 11.6 Å². The van der Waals surface area contributed by atoms with Crippen molar-refractivity contribution in [2.24, 2.45) is 0 Å². The van der Waals surface area contributed by atoms with Gasteiger partial charge in [0.15, 0.2) is 0 Å². The van der Waals surface area contributed by atoms with E-state index in [1.165, 1.54) is 12.1 Å². The molecule has 0 saturated carbocycles. The van der Waals surface area contributed by atoms with E-state index in [-0.39, 0.29) is 23.8 Å². The number of hydrogen-bond donors (Lipinski definition) is 1. The maximum Gasteiger partial charge on any atom is 0.228 e. The van der Waals surface area contributed by atoms with Crippen LogP contribution >= 0.6 is 0 Å². The average Bonchev–Trinajstić information content (AvgIpc) is 3.27. The first-order chi connectivity index (χ1) is 15.4. The second kappa shape index (κ2) is 9.40. The van der Waals surface area contributed by atoms with Crippen LogP contribution in [0.3, 0.4) is 0 Å². The zero-order valence-electron chi connectivity index (χ0n) is 17.7. The number of anilines is 1. The summed E-state index contributed by atoms with van der Waals surface area (Å²) in [5.41, 5.74) is 9.03. The molecule has 3 aromatic rings. The summed E-state index contributed by atoms with van der Waals surface area (Å²) < 4.78 is 32.5. The van der Waals surface area contributed by atoms with E-state index in [0.29, 0.717) is 36.8 Å². The van der Waals surface area contributed by atoms with Crippen LogP contribution < -0.4 is 5.73 Å². The molecule has 8 heteroatoms. The third-order valence-corrected chi connectivity index (χ3v) is 5.61. The number of benzene rings is 1. The van der Waals surface area contributed by atoms with E-state index in [9.17, 15) is 13.6 Å². The molecule has 0 radical (unpaired) electrons. The second-order valence-corrected chi connectivity index (χ2v) is 7.85. The fourth-order valence-electron chi connectivity index (χ4n) is 3.94. The number of methoxy groups -OCH3 is 1. The van der Waals surface area contributed by atoms with Crippen molar-refractivity contribution in [2.75, 3.05) is 25.9 Å². The maximum atomic E-state index is 14.2. The molecule has 0 aliphatic carbocycles. The van der Waals surface area contributed by atoms with Gasteiger partial charge in [-0.25, -0.2) is 8.78 Å². The molecule has 1 amide bonds. The molecule has 0 bridgehead atoms. The molecule has 1 fully saturated rings. The Morgan fingerprint density at radius 2 is 2.03 bits per heavy atom. The van der Waals surface area contributed by atoms with Crippen molar-refractivity contribution in [3.63, 3.8) is 0 Å². The van der Waals surface area contributed by atoms with Crippen LogP contribution in [0, 0.1) is 11.6 Å². The Balaban J connectivity index is 1.47. The summed E-state index contributed by atoms with van der Waals surface area (Å²) in [7, 11) is 1.63. The number of pyridine rings is 2. The average molecular weight is 438 g/mol. The van der Waals surface area contributed by atoms with E-state index in [0.717, 1.165) is 23.9 Å².